The number of esters is 3. The predicted molar refractivity (Wildman–Crippen MR) is 82.9 cm³/mol. The number of aryl methyl sites for hydroxylation is 1. The van der Waals surface area contributed by atoms with Gasteiger partial charge >= 0.3 is 17.9 Å². The highest BCUT2D eigenvalue weighted by atomic mass is 16.5. The van der Waals surface area contributed by atoms with Gasteiger partial charge in [-0.05, 0) is 37.6 Å². The maximum absolute atomic E-state index is 11.7. The summed E-state index contributed by atoms with van der Waals surface area (Å²) in [6.07, 6.45) is 0.987. The van der Waals surface area contributed by atoms with E-state index in [2.05, 4.69) is 14.8 Å². The molecule has 0 unspecified atom stereocenters. The zero-order valence-corrected chi connectivity index (χ0v) is 13.5. The molecule has 1 N–H and O–H groups in total. The molecule has 0 aliphatic carbocycles. The maximum atomic E-state index is 11.7. The van der Waals surface area contributed by atoms with Crippen molar-refractivity contribution >= 4 is 23.6 Å². The third kappa shape index (κ3) is 5.14. The molecule has 7 nitrogen and oxygen atoms in total. The molecule has 1 aromatic rings. The lowest BCUT2D eigenvalue weighted by molar-refractivity contribution is -0.138. The van der Waals surface area contributed by atoms with Gasteiger partial charge in [0.05, 0.1) is 32.5 Å². The molecule has 23 heavy (non-hydrogen) atoms. The molecule has 1 rings (SSSR count). The summed E-state index contributed by atoms with van der Waals surface area (Å²) in [5, 5.41) is 2.77. The molecule has 0 aromatic heterocycles. The number of methoxy groups -OCH3 is 2. The molecular formula is C16H19NO6. The number of rotatable bonds is 6. The summed E-state index contributed by atoms with van der Waals surface area (Å²) in [5.41, 5.74) is 1.52. The average Bonchev–Trinajstić information content (AvgIpc) is 2.53. The number of ether oxygens (including phenoxy) is 3. The van der Waals surface area contributed by atoms with E-state index in [9.17, 15) is 14.4 Å². The van der Waals surface area contributed by atoms with E-state index >= 15 is 0 Å². The van der Waals surface area contributed by atoms with E-state index < -0.39 is 17.9 Å². The number of carbonyl (C=O) groups is 3. The molecule has 0 saturated heterocycles. The van der Waals surface area contributed by atoms with Crippen molar-refractivity contribution in [1.82, 2.24) is 0 Å². The van der Waals surface area contributed by atoms with Crippen molar-refractivity contribution in [2.24, 2.45) is 0 Å². The zero-order valence-electron chi connectivity index (χ0n) is 13.5. The summed E-state index contributed by atoms with van der Waals surface area (Å²) in [4.78, 5) is 34.7. The molecule has 0 fully saturated rings. The summed E-state index contributed by atoms with van der Waals surface area (Å²) < 4.78 is 14.0. The van der Waals surface area contributed by atoms with Gasteiger partial charge in [0.1, 0.15) is 5.70 Å². The van der Waals surface area contributed by atoms with E-state index in [0.717, 1.165) is 6.08 Å². The van der Waals surface area contributed by atoms with E-state index in [1.54, 1.807) is 32.0 Å². The Morgan fingerprint density at radius 3 is 2.39 bits per heavy atom. The Morgan fingerprint density at radius 1 is 1.17 bits per heavy atom. The van der Waals surface area contributed by atoms with Crippen LogP contribution in [0, 0.1) is 6.92 Å². The molecule has 7 heteroatoms. The standard InChI is InChI=1S/C16H19NO6/c1-5-23-15(19)12-7-6-11(8-10(12)2)17-13(16(20)22-4)9-14(18)21-3/h6-9,17H,5H2,1-4H3/b13-9+. The van der Waals surface area contributed by atoms with Crippen LogP contribution in [0.15, 0.2) is 30.0 Å². The largest absolute Gasteiger partial charge is 0.466 e. The highest BCUT2D eigenvalue weighted by Crippen LogP contribution is 2.18. The summed E-state index contributed by atoms with van der Waals surface area (Å²) in [5.74, 6) is -1.84. The van der Waals surface area contributed by atoms with Crippen LogP contribution in [0.2, 0.25) is 0 Å². The minimum Gasteiger partial charge on any atom is -0.466 e. The number of carbonyl (C=O) groups excluding carboxylic acids is 3. The Kier molecular flexibility index (Phi) is 6.79. The van der Waals surface area contributed by atoms with E-state index in [4.69, 9.17) is 4.74 Å². The number of hydrogen-bond donors (Lipinski definition) is 1. The minimum absolute atomic E-state index is 0.0809. The van der Waals surface area contributed by atoms with Crippen LogP contribution in [0.3, 0.4) is 0 Å². The van der Waals surface area contributed by atoms with Crippen LogP contribution in [-0.4, -0.2) is 38.7 Å². The molecule has 0 radical (unpaired) electrons. The zero-order chi connectivity index (χ0) is 17.4. The summed E-state index contributed by atoms with van der Waals surface area (Å²) in [6, 6.07) is 4.82. The summed E-state index contributed by atoms with van der Waals surface area (Å²) in [7, 11) is 2.40. The third-order valence-electron chi connectivity index (χ3n) is 2.87. The molecule has 0 atom stereocenters. The third-order valence-corrected chi connectivity index (χ3v) is 2.87. The molecule has 124 valence electrons. The van der Waals surface area contributed by atoms with Gasteiger partial charge in [0.25, 0.3) is 0 Å². The van der Waals surface area contributed by atoms with E-state index in [1.807, 2.05) is 0 Å². The Bertz CT molecular complexity index is 635. The van der Waals surface area contributed by atoms with Crippen molar-refractivity contribution < 1.29 is 28.6 Å². The first-order chi connectivity index (χ1) is 10.9. The van der Waals surface area contributed by atoms with Crippen LogP contribution in [0.5, 0.6) is 0 Å². The fraction of sp³-hybridized carbons (Fsp3) is 0.312. The first kappa shape index (κ1) is 18.2. The lowest BCUT2D eigenvalue weighted by atomic mass is 10.1. The second-order valence-electron chi connectivity index (χ2n) is 4.45. The Morgan fingerprint density at radius 2 is 1.87 bits per heavy atom. The van der Waals surface area contributed by atoms with Crippen LogP contribution >= 0.6 is 0 Å². The molecular weight excluding hydrogens is 302 g/mol. The van der Waals surface area contributed by atoms with Gasteiger partial charge in [-0.15, -0.1) is 0 Å². The highest BCUT2D eigenvalue weighted by Gasteiger charge is 2.15. The smallest absolute Gasteiger partial charge is 0.354 e. The van der Waals surface area contributed by atoms with E-state index in [1.165, 1.54) is 14.2 Å². The van der Waals surface area contributed by atoms with Crippen molar-refractivity contribution in [3.05, 3.63) is 41.1 Å². The number of hydrogen-bond acceptors (Lipinski definition) is 7. The van der Waals surface area contributed by atoms with Crippen LogP contribution in [0.4, 0.5) is 5.69 Å². The lowest BCUT2D eigenvalue weighted by Gasteiger charge is -2.11. The van der Waals surface area contributed by atoms with Gasteiger partial charge in [-0.2, -0.15) is 0 Å². The summed E-state index contributed by atoms with van der Waals surface area (Å²) in [6.45, 7) is 3.75. The van der Waals surface area contributed by atoms with Crippen molar-refractivity contribution in [2.45, 2.75) is 13.8 Å². The normalized spacial score (nSPS) is 10.7. The molecule has 0 saturated carbocycles. The molecule has 0 aliphatic heterocycles. The quantitative estimate of drug-likeness (QED) is 0.485. The van der Waals surface area contributed by atoms with Crippen molar-refractivity contribution in [3.8, 4) is 0 Å². The molecule has 0 bridgehead atoms. The highest BCUT2D eigenvalue weighted by molar-refractivity contribution is 5.99. The van der Waals surface area contributed by atoms with E-state index in [-0.39, 0.29) is 12.3 Å². The Hall–Kier alpha value is -2.83. The van der Waals surface area contributed by atoms with Crippen molar-refractivity contribution in [3.63, 3.8) is 0 Å². The van der Waals surface area contributed by atoms with Crippen molar-refractivity contribution in [2.75, 3.05) is 26.1 Å². The SMILES string of the molecule is CCOC(=O)c1ccc(N/C(=C/C(=O)OC)C(=O)OC)cc1C. The van der Waals surface area contributed by atoms with E-state index in [0.29, 0.717) is 16.8 Å². The van der Waals surface area contributed by atoms with Crippen LogP contribution < -0.4 is 5.32 Å². The Labute approximate surface area is 134 Å². The number of benzene rings is 1. The number of anilines is 1. The first-order valence-electron chi connectivity index (χ1n) is 6.85. The molecule has 0 spiro atoms. The number of nitrogens with one attached hydrogen (secondary N) is 1. The van der Waals surface area contributed by atoms with Gasteiger partial charge in [-0.1, -0.05) is 0 Å². The molecule has 0 aliphatic rings. The van der Waals surface area contributed by atoms with Gasteiger partial charge in [0.2, 0.25) is 0 Å². The molecule has 1 aromatic carbocycles. The topological polar surface area (TPSA) is 90.9 Å². The van der Waals surface area contributed by atoms with Crippen LogP contribution in [-0.2, 0) is 23.8 Å². The first-order valence-corrected chi connectivity index (χ1v) is 6.85. The second kappa shape index (κ2) is 8.57. The van der Waals surface area contributed by atoms with Gasteiger partial charge in [-0.3, -0.25) is 0 Å². The van der Waals surface area contributed by atoms with Gasteiger partial charge in [0.15, 0.2) is 0 Å². The molecule has 0 heterocycles. The summed E-state index contributed by atoms with van der Waals surface area (Å²) >= 11 is 0. The minimum atomic E-state index is -0.720. The fourth-order valence-corrected chi connectivity index (χ4v) is 1.77. The van der Waals surface area contributed by atoms with Crippen molar-refractivity contribution in [1.29, 1.82) is 0 Å². The van der Waals surface area contributed by atoms with Crippen LogP contribution in [0.1, 0.15) is 22.8 Å². The van der Waals surface area contributed by atoms with Gasteiger partial charge in [0, 0.05) is 5.69 Å². The Balaban J connectivity index is 3.04. The predicted octanol–water partition coefficient (Wildman–Crippen LogP) is 1.81. The lowest BCUT2D eigenvalue weighted by Crippen LogP contribution is -2.16. The second-order valence-corrected chi connectivity index (χ2v) is 4.45. The van der Waals surface area contributed by atoms with Gasteiger partial charge < -0.3 is 19.5 Å². The average molecular weight is 321 g/mol. The fourth-order valence-electron chi connectivity index (χ4n) is 1.77. The molecule has 0 amide bonds. The van der Waals surface area contributed by atoms with Gasteiger partial charge in [-0.25, -0.2) is 14.4 Å². The monoisotopic (exact) mass is 321 g/mol. The maximum Gasteiger partial charge on any atom is 0.354 e. The van der Waals surface area contributed by atoms with Crippen LogP contribution in [0.25, 0.3) is 0 Å².